The van der Waals surface area contributed by atoms with Gasteiger partial charge in [-0.25, -0.2) is 4.79 Å². The summed E-state index contributed by atoms with van der Waals surface area (Å²) in [5.41, 5.74) is 3.00. The Kier molecular flexibility index (Phi) is 6.83. The molecule has 2 rings (SSSR count). The van der Waals surface area contributed by atoms with Gasteiger partial charge < -0.3 is 5.11 Å². The maximum absolute atomic E-state index is 9.60. The second-order valence-electron chi connectivity index (χ2n) is 4.56. The quantitative estimate of drug-likeness (QED) is 0.847. The normalized spacial score (nSPS) is 9.25. The van der Waals surface area contributed by atoms with Crippen molar-refractivity contribution in [3.63, 3.8) is 0 Å². The third-order valence-corrected chi connectivity index (χ3v) is 2.75. The number of aliphatic carboxylic acids is 1. The lowest BCUT2D eigenvalue weighted by Gasteiger charge is -2.01. The molecule has 0 aliphatic carbocycles. The van der Waals surface area contributed by atoms with Gasteiger partial charge in [-0.15, -0.1) is 0 Å². The van der Waals surface area contributed by atoms with Crippen molar-refractivity contribution < 1.29 is 9.90 Å². The molecular formula is C18H20O2. The lowest BCUT2D eigenvalue weighted by molar-refractivity contribution is -0.132. The molecule has 0 aromatic heterocycles. The SMILES string of the molecule is C=C(C)C(=O)O.c1ccc(CCc2ccccc2)cc1. The van der Waals surface area contributed by atoms with Gasteiger partial charge in [0.25, 0.3) is 0 Å². The zero-order valence-electron chi connectivity index (χ0n) is 11.8. The topological polar surface area (TPSA) is 37.3 Å². The van der Waals surface area contributed by atoms with Crippen molar-refractivity contribution in [2.45, 2.75) is 19.8 Å². The molecule has 104 valence electrons. The molecule has 0 saturated carbocycles. The van der Waals surface area contributed by atoms with Crippen LogP contribution in [-0.4, -0.2) is 11.1 Å². The Morgan fingerprint density at radius 3 is 1.45 bits per heavy atom. The first-order chi connectivity index (χ1) is 9.59. The maximum atomic E-state index is 9.60. The molecule has 2 aromatic carbocycles. The summed E-state index contributed by atoms with van der Waals surface area (Å²) in [5.74, 6) is -0.935. The van der Waals surface area contributed by atoms with E-state index in [1.54, 1.807) is 0 Å². The molecule has 0 saturated heterocycles. The van der Waals surface area contributed by atoms with Gasteiger partial charge in [0.2, 0.25) is 0 Å². The number of hydrogen-bond acceptors (Lipinski definition) is 1. The average molecular weight is 268 g/mol. The molecule has 0 aliphatic rings. The Bertz CT molecular complexity index is 478. The lowest BCUT2D eigenvalue weighted by atomic mass is 10.0. The van der Waals surface area contributed by atoms with Gasteiger partial charge in [0, 0.05) is 5.57 Å². The van der Waals surface area contributed by atoms with Crippen LogP contribution in [0.4, 0.5) is 0 Å². The van der Waals surface area contributed by atoms with E-state index in [4.69, 9.17) is 5.11 Å². The fraction of sp³-hybridized carbons (Fsp3) is 0.167. The first kappa shape index (κ1) is 15.7. The number of rotatable bonds is 4. The molecule has 1 N–H and O–H groups in total. The van der Waals surface area contributed by atoms with Crippen molar-refractivity contribution in [2.75, 3.05) is 0 Å². The van der Waals surface area contributed by atoms with Crippen molar-refractivity contribution in [3.05, 3.63) is 83.9 Å². The number of carbonyl (C=O) groups is 1. The van der Waals surface area contributed by atoms with Crippen LogP contribution in [-0.2, 0) is 17.6 Å². The van der Waals surface area contributed by atoms with Gasteiger partial charge in [-0.2, -0.15) is 0 Å². The number of carboxylic acids is 1. The lowest BCUT2D eigenvalue weighted by Crippen LogP contribution is -1.92. The highest BCUT2D eigenvalue weighted by Gasteiger charge is 1.93. The largest absolute Gasteiger partial charge is 0.478 e. The summed E-state index contributed by atoms with van der Waals surface area (Å²) in [6.45, 7) is 4.60. The Morgan fingerprint density at radius 2 is 1.20 bits per heavy atom. The van der Waals surface area contributed by atoms with E-state index in [1.807, 2.05) is 0 Å². The zero-order chi connectivity index (χ0) is 14.8. The monoisotopic (exact) mass is 268 g/mol. The highest BCUT2D eigenvalue weighted by molar-refractivity contribution is 5.84. The predicted molar refractivity (Wildman–Crippen MR) is 82.7 cm³/mol. The van der Waals surface area contributed by atoms with Crippen LogP contribution in [0.15, 0.2) is 72.8 Å². The van der Waals surface area contributed by atoms with Crippen molar-refractivity contribution in [1.29, 1.82) is 0 Å². The molecule has 0 spiro atoms. The zero-order valence-corrected chi connectivity index (χ0v) is 11.8. The van der Waals surface area contributed by atoms with Crippen LogP contribution in [0, 0.1) is 0 Å². The maximum Gasteiger partial charge on any atom is 0.330 e. The highest BCUT2D eigenvalue weighted by Crippen LogP contribution is 2.06. The minimum Gasteiger partial charge on any atom is -0.478 e. The fourth-order valence-electron chi connectivity index (χ4n) is 1.58. The van der Waals surface area contributed by atoms with E-state index < -0.39 is 5.97 Å². The summed E-state index contributed by atoms with van der Waals surface area (Å²) < 4.78 is 0. The molecule has 2 nitrogen and oxygen atoms in total. The summed E-state index contributed by atoms with van der Waals surface area (Å²) >= 11 is 0. The predicted octanol–water partition coefficient (Wildman–Crippen LogP) is 4.12. The summed E-state index contributed by atoms with van der Waals surface area (Å²) in [4.78, 5) is 9.60. The van der Waals surface area contributed by atoms with Crippen LogP contribution in [0.25, 0.3) is 0 Å². The van der Waals surface area contributed by atoms with E-state index in [1.165, 1.54) is 18.1 Å². The van der Waals surface area contributed by atoms with E-state index >= 15 is 0 Å². The molecule has 0 aliphatic heterocycles. The third kappa shape index (κ3) is 6.55. The number of hydrogen-bond donors (Lipinski definition) is 1. The van der Waals surface area contributed by atoms with Crippen LogP contribution in [0.3, 0.4) is 0 Å². The van der Waals surface area contributed by atoms with E-state index in [9.17, 15) is 4.79 Å². The Labute approximate surface area is 120 Å². The molecule has 0 amide bonds. The summed E-state index contributed by atoms with van der Waals surface area (Å²) in [7, 11) is 0. The average Bonchev–Trinajstić information content (AvgIpc) is 2.48. The molecule has 20 heavy (non-hydrogen) atoms. The Morgan fingerprint density at radius 1 is 0.900 bits per heavy atom. The molecule has 0 atom stereocenters. The molecule has 0 bridgehead atoms. The first-order valence-electron chi connectivity index (χ1n) is 6.56. The fourth-order valence-corrected chi connectivity index (χ4v) is 1.58. The summed E-state index contributed by atoms with van der Waals surface area (Å²) in [6.07, 6.45) is 2.26. The van der Waals surface area contributed by atoms with E-state index in [0.29, 0.717) is 0 Å². The van der Waals surface area contributed by atoms with Crippen molar-refractivity contribution in [2.24, 2.45) is 0 Å². The van der Waals surface area contributed by atoms with Gasteiger partial charge >= 0.3 is 5.97 Å². The minimum atomic E-state index is -0.935. The summed E-state index contributed by atoms with van der Waals surface area (Å²) in [5, 5.41) is 7.89. The first-order valence-corrected chi connectivity index (χ1v) is 6.56. The molecule has 2 aromatic rings. The second-order valence-corrected chi connectivity index (χ2v) is 4.56. The van der Waals surface area contributed by atoms with Gasteiger partial charge in [0.1, 0.15) is 0 Å². The van der Waals surface area contributed by atoms with Gasteiger partial charge in [-0.05, 0) is 30.9 Å². The van der Waals surface area contributed by atoms with Gasteiger partial charge in [-0.1, -0.05) is 67.2 Å². The van der Waals surface area contributed by atoms with Crippen LogP contribution >= 0.6 is 0 Å². The van der Waals surface area contributed by atoms with Crippen LogP contribution in [0.1, 0.15) is 18.1 Å². The Hall–Kier alpha value is -2.35. The van der Waals surface area contributed by atoms with Gasteiger partial charge in [0.15, 0.2) is 0 Å². The molecule has 0 heterocycles. The third-order valence-electron chi connectivity index (χ3n) is 2.75. The standard InChI is InChI=1S/C14H14.C4H6O2/c1-3-7-13(8-4-1)11-12-14-9-5-2-6-10-14;1-3(2)4(5)6/h1-10H,11-12H2;1H2,2H3,(H,5,6). The van der Waals surface area contributed by atoms with E-state index in [2.05, 4.69) is 67.2 Å². The minimum absolute atomic E-state index is 0.176. The van der Waals surface area contributed by atoms with Crippen molar-refractivity contribution in [3.8, 4) is 0 Å². The summed E-state index contributed by atoms with van der Waals surface area (Å²) in [6, 6.07) is 21.2. The highest BCUT2D eigenvalue weighted by atomic mass is 16.4. The van der Waals surface area contributed by atoms with Gasteiger partial charge in [0.05, 0.1) is 0 Å². The van der Waals surface area contributed by atoms with Crippen molar-refractivity contribution in [1.82, 2.24) is 0 Å². The van der Waals surface area contributed by atoms with Crippen molar-refractivity contribution >= 4 is 5.97 Å². The molecule has 0 radical (unpaired) electrons. The van der Waals surface area contributed by atoms with E-state index in [-0.39, 0.29) is 5.57 Å². The number of benzene rings is 2. The van der Waals surface area contributed by atoms with E-state index in [0.717, 1.165) is 12.8 Å². The molecule has 0 fully saturated rings. The Balaban J connectivity index is 0.000000286. The smallest absolute Gasteiger partial charge is 0.330 e. The van der Waals surface area contributed by atoms with Crippen LogP contribution in [0.2, 0.25) is 0 Å². The van der Waals surface area contributed by atoms with Crippen LogP contribution in [0.5, 0.6) is 0 Å². The molecular weight excluding hydrogens is 248 g/mol. The van der Waals surface area contributed by atoms with Crippen LogP contribution < -0.4 is 0 Å². The molecule has 2 heteroatoms. The number of aryl methyl sites for hydroxylation is 2. The second kappa shape index (κ2) is 8.70. The molecule has 0 unspecified atom stereocenters. The number of carboxylic acid groups (broad SMARTS) is 1. The van der Waals surface area contributed by atoms with Gasteiger partial charge in [-0.3, -0.25) is 0 Å².